The van der Waals surface area contributed by atoms with Crippen LogP contribution in [0.3, 0.4) is 0 Å². The van der Waals surface area contributed by atoms with Crippen LogP contribution in [0, 0.1) is 11.3 Å². The molecule has 0 saturated heterocycles. The molecule has 2 rings (SSSR count). The average Bonchev–Trinajstić information content (AvgIpc) is 2.84. The topological polar surface area (TPSA) is 66.5 Å². The highest BCUT2D eigenvalue weighted by atomic mass is 35.5. The lowest BCUT2D eigenvalue weighted by Crippen LogP contribution is -2.23. The summed E-state index contributed by atoms with van der Waals surface area (Å²) in [6, 6.07) is 5.58. The number of aromatic nitrogens is 3. The number of rotatable bonds is 4. The highest BCUT2D eigenvalue weighted by Gasteiger charge is 2.10. The van der Waals surface area contributed by atoms with Gasteiger partial charge < -0.3 is 5.32 Å². The fraction of sp³-hybridized carbons (Fsp3) is 0.250. The lowest BCUT2D eigenvalue weighted by Gasteiger charge is -2.15. The first kappa shape index (κ1) is 12.4. The molecule has 0 aromatic carbocycles. The quantitative estimate of drug-likeness (QED) is 0.917. The van der Waals surface area contributed by atoms with Gasteiger partial charge >= 0.3 is 0 Å². The van der Waals surface area contributed by atoms with Crippen LogP contribution in [0.2, 0.25) is 5.02 Å². The summed E-state index contributed by atoms with van der Waals surface area (Å²) in [5, 5.41) is 16.5. The fourth-order valence-corrected chi connectivity index (χ4v) is 1.81. The number of pyridine rings is 1. The summed E-state index contributed by atoms with van der Waals surface area (Å²) < 4.78 is 1.82. The maximum absolute atomic E-state index is 8.88. The Kier molecular flexibility index (Phi) is 3.80. The maximum atomic E-state index is 8.88. The van der Waals surface area contributed by atoms with Crippen molar-refractivity contribution in [2.45, 2.75) is 19.5 Å². The summed E-state index contributed by atoms with van der Waals surface area (Å²) in [5.41, 5.74) is 0.417. The van der Waals surface area contributed by atoms with Crippen LogP contribution >= 0.6 is 11.6 Å². The zero-order chi connectivity index (χ0) is 13.0. The lowest BCUT2D eigenvalue weighted by atomic mass is 10.2. The SMILES string of the molecule is CC(Cn1cccn1)Nc1nccc(C#N)c1Cl. The first-order chi connectivity index (χ1) is 8.70. The molecule has 0 aliphatic heterocycles. The van der Waals surface area contributed by atoms with Crippen molar-refractivity contribution < 1.29 is 0 Å². The molecular formula is C12H12ClN5. The number of hydrogen-bond donors (Lipinski definition) is 1. The van der Waals surface area contributed by atoms with Gasteiger partial charge in [-0.1, -0.05) is 11.6 Å². The molecule has 0 radical (unpaired) electrons. The minimum atomic E-state index is 0.101. The van der Waals surface area contributed by atoms with Gasteiger partial charge in [0, 0.05) is 24.6 Å². The Morgan fingerprint density at radius 1 is 1.56 bits per heavy atom. The number of hydrogen-bond acceptors (Lipinski definition) is 4. The Hall–Kier alpha value is -2.06. The van der Waals surface area contributed by atoms with Crippen molar-refractivity contribution in [2.75, 3.05) is 5.32 Å². The summed E-state index contributed by atoms with van der Waals surface area (Å²) in [5.74, 6) is 0.523. The van der Waals surface area contributed by atoms with Gasteiger partial charge in [0.05, 0.1) is 12.1 Å². The molecule has 0 aliphatic carbocycles. The minimum Gasteiger partial charge on any atom is -0.364 e. The molecule has 2 aromatic heterocycles. The third-order valence-corrected chi connectivity index (χ3v) is 2.80. The van der Waals surface area contributed by atoms with E-state index in [2.05, 4.69) is 15.4 Å². The van der Waals surface area contributed by atoms with Crippen molar-refractivity contribution in [2.24, 2.45) is 0 Å². The molecule has 2 heterocycles. The van der Waals surface area contributed by atoms with Gasteiger partial charge in [-0.3, -0.25) is 4.68 Å². The van der Waals surface area contributed by atoms with Crippen LogP contribution in [0.4, 0.5) is 5.82 Å². The highest BCUT2D eigenvalue weighted by molar-refractivity contribution is 6.34. The number of halogens is 1. The molecule has 2 aromatic rings. The standard InChI is InChI=1S/C12H12ClN5/c1-9(8-18-6-2-4-16-18)17-12-11(13)10(7-14)3-5-15-12/h2-6,9H,8H2,1H3,(H,15,17). The van der Waals surface area contributed by atoms with E-state index in [1.54, 1.807) is 18.5 Å². The second kappa shape index (κ2) is 5.52. The van der Waals surface area contributed by atoms with Gasteiger partial charge in [-0.2, -0.15) is 10.4 Å². The van der Waals surface area contributed by atoms with E-state index in [-0.39, 0.29) is 6.04 Å². The number of nitrogens with zero attached hydrogens (tertiary/aromatic N) is 4. The molecule has 0 spiro atoms. The molecule has 0 saturated carbocycles. The Bertz CT molecular complexity index is 558. The zero-order valence-corrected chi connectivity index (χ0v) is 10.6. The van der Waals surface area contributed by atoms with E-state index in [0.29, 0.717) is 22.9 Å². The molecule has 6 heteroatoms. The predicted molar refractivity (Wildman–Crippen MR) is 69.3 cm³/mol. The predicted octanol–water partition coefficient (Wildman–Crippen LogP) is 2.30. The van der Waals surface area contributed by atoms with Gasteiger partial charge in [0.2, 0.25) is 0 Å². The molecular weight excluding hydrogens is 250 g/mol. The third-order valence-electron chi connectivity index (χ3n) is 2.41. The molecule has 1 atom stereocenters. The molecule has 1 unspecified atom stereocenters. The van der Waals surface area contributed by atoms with Crippen LogP contribution < -0.4 is 5.32 Å². The van der Waals surface area contributed by atoms with Gasteiger partial charge in [0.1, 0.15) is 16.9 Å². The highest BCUT2D eigenvalue weighted by Crippen LogP contribution is 2.23. The number of nitriles is 1. The van der Waals surface area contributed by atoms with Crippen molar-refractivity contribution in [1.82, 2.24) is 14.8 Å². The normalized spacial score (nSPS) is 11.8. The smallest absolute Gasteiger partial charge is 0.146 e. The summed E-state index contributed by atoms with van der Waals surface area (Å²) in [6.07, 6.45) is 5.18. The molecule has 0 aliphatic rings. The molecule has 0 bridgehead atoms. The average molecular weight is 262 g/mol. The first-order valence-corrected chi connectivity index (χ1v) is 5.87. The van der Waals surface area contributed by atoms with E-state index < -0.39 is 0 Å². The molecule has 0 fully saturated rings. The molecule has 1 N–H and O–H groups in total. The van der Waals surface area contributed by atoms with Crippen LogP contribution in [0.25, 0.3) is 0 Å². The van der Waals surface area contributed by atoms with Gasteiger partial charge in [0.25, 0.3) is 0 Å². The zero-order valence-electron chi connectivity index (χ0n) is 9.84. The first-order valence-electron chi connectivity index (χ1n) is 5.49. The van der Waals surface area contributed by atoms with E-state index >= 15 is 0 Å². The molecule has 0 amide bonds. The summed E-state index contributed by atoms with van der Waals surface area (Å²) >= 11 is 6.06. The lowest BCUT2D eigenvalue weighted by molar-refractivity contribution is 0.560. The minimum absolute atomic E-state index is 0.101. The second-order valence-electron chi connectivity index (χ2n) is 3.91. The van der Waals surface area contributed by atoms with E-state index in [0.717, 1.165) is 0 Å². The third kappa shape index (κ3) is 2.79. The van der Waals surface area contributed by atoms with E-state index in [1.807, 2.05) is 29.9 Å². The van der Waals surface area contributed by atoms with Gasteiger partial charge in [0.15, 0.2) is 0 Å². The Morgan fingerprint density at radius 2 is 2.39 bits per heavy atom. The van der Waals surface area contributed by atoms with Crippen LogP contribution in [0.15, 0.2) is 30.7 Å². The Balaban J connectivity index is 2.08. The van der Waals surface area contributed by atoms with Crippen LogP contribution in [0.5, 0.6) is 0 Å². The Morgan fingerprint density at radius 3 is 3.06 bits per heavy atom. The monoisotopic (exact) mass is 261 g/mol. The van der Waals surface area contributed by atoms with Crippen LogP contribution in [-0.2, 0) is 6.54 Å². The van der Waals surface area contributed by atoms with E-state index in [4.69, 9.17) is 16.9 Å². The summed E-state index contributed by atoms with van der Waals surface area (Å²) in [6.45, 7) is 2.69. The summed E-state index contributed by atoms with van der Waals surface area (Å²) in [7, 11) is 0. The van der Waals surface area contributed by atoms with Gasteiger partial charge in [-0.15, -0.1) is 0 Å². The number of nitrogens with one attached hydrogen (secondary N) is 1. The van der Waals surface area contributed by atoms with Gasteiger partial charge in [-0.25, -0.2) is 4.98 Å². The van der Waals surface area contributed by atoms with Crippen molar-refractivity contribution in [3.63, 3.8) is 0 Å². The molecule has 92 valence electrons. The second-order valence-corrected chi connectivity index (χ2v) is 4.28. The Labute approximate surface area is 110 Å². The van der Waals surface area contributed by atoms with Crippen molar-refractivity contribution in [1.29, 1.82) is 5.26 Å². The largest absolute Gasteiger partial charge is 0.364 e. The van der Waals surface area contributed by atoms with Crippen molar-refractivity contribution >= 4 is 17.4 Å². The van der Waals surface area contributed by atoms with E-state index in [1.165, 1.54) is 0 Å². The maximum Gasteiger partial charge on any atom is 0.146 e. The van der Waals surface area contributed by atoms with Crippen LogP contribution in [-0.4, -0.2) is 20.8 Å². The van der Waals surface area contributed by atoms with Crippen molar-refractivity contribution in [3.8, 4) is 6.07 Å². The number of anilines is 1. The van der Waals surface area contributed by atoms with Crippen molar-refractivity contribution in [3.05, 3.63) is 41.3 Å². The molecule has 18 heavy (non-hydrogen) atoms. The summed E-state index contributed by atoms with van der Waals surface area (Å²) in [4.78, 5) is 4.13. The van der Waals surface area contributed by atoms with E-state index in [9.17, 15) is 0 Å². The fourth-order valence-electron chi connectivity index (χ4n) is 1.60. The van der Waals surface area contributed by atoms with Crippen LogP contribution in [0.1, 0.15) is 12.5 Å². The van der Waals surface area contributed by atoms with Gasteiger partial charge in [-0.05, 0) is 19.1 Å². The molecule has 5 nitrogen and oxygen atoms in total.